The van der Waals surface area contributed by atoms with E-state index in [1.54, 1.807) is 14.0 Å². The van der Waals surface area contributed by atoms with E-state index in [1.165, 1.54) is 4.68 Å². The van der Waals surface area contributed by atoms with E-state index >= 15 is 0 Å². The second-order valence-corrected chi connectivity index (χ2v) is 4.73. The van der Waals surface area contributed by atoms with Gasteiger partial charge < -0.3 is 16.2 Å². The first kappa shape index (κ1) is 11.9. The van der Waals surface area contributed by atoms with Crippen molar-refractivity contribution in [1.82, 2.24) is 15.1 Å². The van der Waals surface area contributed by atoms with Gasteiger partial charge in [0.15, 0.2) is 0 Å². The van der Waals surface area contributed by atoms with E-state index in [1.807, 2.05) is 0 Å². The number of anilines is 1. The number of nitrogens with zero attached hydrogens (tertiary/aromatic N) is 2. The molecule has 1 aliphatic carbocycles. The molecule has 17 heavy (non-hydrogen) atoms. The first-order chi connectivity index (χ1) is 7.93. The Balaban J connectivity index is 2.04. The first-order valence-electron chi connectivity index (χ1n) is 5.73. The number of aromatic nitrogens is 2. The van der Waals surface area contributed by atoms with Gasteiger partial charge in [0.25, 0.3) is 5.91 Å². The van der Waals surface area contributed by atoms with Gasteiger partial charge in [-0.05, 0) is 26.2 Å². The molecule has 0 radical (unpaired) electrons. The number of hydrogen-bond donors (Lipinski definition) is 3. The summed E-state index contributed by atoms with van der Waals surface area (Å²) < 4.78 is 1.46. The highest BCUT2D eigenvalue weighted by molar-refractivity contribution is 5.97. The van der Waals surface area contributed by atoms with E-state index in [9.17, 15) is 9.90 Å². The zero-order valence-corrected chi connectivity index (χ0v) is 10.2. The summed E-state index contributed by atoms with van der Waals surface area (Å²) in [7, 11) is 1.68. The molecule has 1 heterocycles. The molecule has 0 unspecified atom stereocenters. The van der Waals surface area contributed by atoms with Crippen LogP contribution in [0.15, 0.2) is 0 Å². The molecule has 0 spiro atoms. The highest BCUT2D eigenvalue weighted by atomic mass is 16.3. The number of carbonyl (C=O) groups excluding carboxylic acids is 1. The van der Waals surface area contributed by atoms with Crippen molar-refractivity contribution in [3.63, 3.8) is 0 Å². The lowest BCUT2D eigenvalue weighted by molar-refractivity contribution is -0.0301. The van der Waals surface area contributed by atoms with Crippen LogP contribution in [0.2, 0.25) is 0 Å². The molecule has 2 rings (SSSR count). The van der Waals surface area contributed by atoms with Gasteiger partial charge >= 0.3 is 0 Å². The standard InChI is InChI=1S/C11H18N4O2/c1-7-8(12)9(15(2)14-7)10(16)13-6-11(17)4-3-5-11/h17H,3-6,12H2,1-2H3,(H,13,16). The molecule has 6 heteroatoms. The minimum absolute atomic E-state index is 0.273. The summed E-state index contributed by atoms with van der Waals surface area (Å²) in [6, 6.07) is 0. The maximum absolute atomic E-state index is 11.9. The molecule has 0 bridgehead atoms. The van der Waals surface area contributed by atoms with Crippen LogP contribution in [0.3, 0.4) is 0 Å². The van der Waals surface area contributed by atoms with Crippen LogP contribution in [-0.2, 0) is 7.05 Å². The number of aliphatic hydroxyl groups is 1. The molecule has 94 valence electrons. The van der Waals surface area contributed by atoms with Crippen molar-refractivity contribution in [3.8, 4) is 0 Å². The molecule has 0 aromatic carbocycles. The van der Waals surface area contributed by atoms with Crippen molar-refractivity contribution in [3.05, 3.63) is 11.4 Å². The van der Waals surface area contributed by atoms with Crippen LogP contribution in [-0.4, -0.2) is 32.9 Å². The summed E-state index contributed by atoms with van der Waals surface area (Å²) in [4.78, 5) is 11.9. The first-order valence-corrected chi connectivity index (χ1v) is 5.73. The third-order valence-corrected chi connectivity index (χ3v) is 3.35. The number of nitrogen functional groups attached to an aromatic ring is 1. The van der Waals surface area contributed by atoms with Gasteiger partial charge in [0, 0.05) is 13.6 Å². The zero-order valence-electron chi connectivity index (χ0n) is 10.2. The van der Waals surface area contributed by atoms with Crippen molar-refractivity contribution in [2.45, 2.75) is 31.8 Å². The fourth-order valence-electron chi connectivity index (χ4n) is 2.03. The van der Waals surface area contributed by atoms with E-state index in [4.69, 9.17) is 5.73 Å². The Hall–Kier alpha value is -1.56. The van der Waals surface area contributed by atoms with Crippen LogP contribution in [0.4, 0.5) is 5.69 Å². The molecule has 1 saturated carbocycles. The van der Waals surface area contributed by atoms with Crippen molar-refractivity contribution in [2.24, 2.45) is 7.05 Å². The van der Waals surface area contributed by atoms with E-state index in [0.717, 1.165) is 19.3 Å². The van der Waals surface area contributed by atoms with Crippen LogP contribution in [0.25, 0.3) is 0 Å². The Morgan fingerprint density at radius 1 is 1.65 bits per heavy atom. The number of aryl methyl sites for hydroxylation is 2. The molecule has 1 aromatic heterocycles. The lowest BCUT2D eigenvalue weighted by Crippen LogP contribution is -2.48. The van der Waals surface area contributed by atoms with E-state index < -0.39 is 5.60 Å². The summed E-state index contributed by atoms with van der Waals surface area (Å²) in [5, 5.41) is 16.7. The molecule has 1 amide bonds. The average molecular weight is 238 g/mol. The Kier molecular flexibility index (Phi) is 2.82. The summed E-state index contributed by atoms with van der Waals surface area (Å²) in [6.07, 6.45) is 2.50. The molecule has 6 nitrogen and oxygen atoms in total. The number of hydrogen-bond acceptors (Lipinski definition) is 4. The lowest BCUT2D eigenvalue weighted by atomic mass is 9.80. The van der Waals surface area contributed by atoms with Gasteiger partial charge in [-0.15, -0.1) is 0 Å². The molecule has 4 N–H and O–H groups in total. The topological polar surface area (TPSA) is 93.2 Å². The van der Waals surface area contributed by atoms with Crippen molar-refractivity contribution in [1.29, 1.82) is 0 Å². The minimum atomic E-state index is -0.724. The van der Waals surface area contributed by atoms with Gasteiger partial charge in [-0.25, -0.2) is 0 Å². The molecule has 0 atom stereocenters. The summed E-state index contributed by atoms with van der Waals surface area (Å²) >= 11 is 0. The monoisotopic (exact) mass is 238 g/mol. The second kappa shape index (κ2) is 4.03. The predicted molar refractivity (Wildman–Crippen MR) is 63.5 cm³/mol. The summed E-state index contributed by atoms with van der Waals surface area (Å²) in [6.45, 7) is 2.03. The number of rotatable bonds is 3. The number of nitrogens with two attached hydrogens (primary N) is 1. The van der Waals surface area contributed by atoms with Crippen LogP contribution < -0.4 is 11.1 Å². The van der Waals surface area contributed by atoms with E-state index in [2.05, 4.69) is 10.4 Å². The Morgan fingerprint density at radius 3 is 2.71 bits per heavy atom. The largest absolute Gasteiger partial charge is 0.395 e. The normalized spacial score (nSPS) is 17.6. The molecular formula is C11H18N4O2. The number of amides is 1. The lowest BCUT2D eigenvalue weighted by Gasteiger charge is -2.36. The smallest absolute Gasteiger partial charge is 0.271 e. The molecule has 1 fully saturated rings. The van der Waals surface area contributed by atoms with Gasteiger partial charge in [0.2, 0.25) is 0 Å². The van der Waals surface area contributed by atoms with Gasteiger partial charge in [0.05, 0.1) is 17.0 Å². The van der Waals surface area contributed by atoms with Gasteiger partial charge in [-0.1, -0.05) is 0 Å². The van der Waals surface area contributed by atoms with Crippen molar-refractivity contribution < 1.29 is 9.90 Å². The molecular weight excluding hydrogens is 220 g/mol. The van der Waals surface area contributed by atoms with Gasteiger partial charge in [0.1, 0.15) is 5.69 Å². The minimum Gasteiger partial charge on any atom is -0.395 e. The molecule has 1 aromatic rings. The number of carbonyl (C=O) groups is 1. The Morgan fingerprint density at radius 2 is 2.29 bits per heavy atom. The SMILES string of the molecule is Cc1nn(C)c(C(=O)NCC2(O)CCC2)c1N. The summed E-state index contributed by atoms with van der Waals surface area (Å²) in [5.41, 5.74) is 6.44. The fourth-order valence-corrected chi connectivity index (χ4v) is 2.03. The van der Waals surface area contributed by atoms with Crippen LogP contribution in [0.5, 0.6) is 0 Å². The van der Waals surface area contributed by atoms with Crippen LogP contribution >= 0.6 is 0 Å². The van der Waals surface area contributed by atoms with E-state index in [0.29, 0.717) is 17.1 Å². The highest BCUT2D eigenvalue weighted by Crippen LogP contribution is 2.30. The molecule has 1 aliphatic rings. The quantitative estimate of drug-likeness (QED) is 0.688. The van der Waals surface area contributed by atoms with Crippen LogP contribution in [0, 0.1) is 6.92 Å². The summed E-state index contributed by atoms with van der Waals surface area (Å²) in [5.74, 6) is -0.286. The van der Waals surface area contributed by atoms with Crippen LogP contribution in [0.1, 0.15) is 35.4 Å². The van der Waals surface area contributed by atoms with E-state index in [-0.39, 0.29) is 12.5 Å². The van der Waals surface area contributed by atoms with Gasteiger partial charge in [-0.3, -0.25) is 9.48 Å². The predicted octanol–water partition coefficient (Wildman–Crippen LogP) is -0.0445. The highest BCUT2D eigenvalue weighted by Gasteiger charge is 2.35. The average Bonchev–Trinajstić information content (AvgIpc) is 2.47. The van der Waals surface area contributed by atoms with Gasteiger partial charge in [-0.2, -0.15) is 5.10 Å². The maximum atomic E-state index is 11.9. The second-order valence-electron chi connectivity index (χ2n) is 4.73. The molecule has 0 aliphatic heterocycles. The molecule has 0 saturated heterocycles. The third kappa shape index (κ3) is 2.12. The Bertz CT molecular complexity index is 449. The van der Waals surface area contributed by atoms with Crippen molar-refractivity contribution >= 4 is 11.6 Å². The Labute approximate surface area is 99.8 Å². The number of nitrogens with one attached hydrogen (secondary N) is 1. The zero-order chi connectivity index (χ0) is 12.6. The maximum Gasteiger partial charge on any atom is 0.271 e. The van der Waals surface area contributed by atoms with Crippen molar-refractivity contribution in [2.75, 3.05) is 12.3 Å². The fraction of sp³-hybridized carbons (Fsp3) is 0.636. The third-order valence-electron chi connectivity index (χ3n) is 3.35.